The lowest BCUT2D eigenvalue weighted by molar-refractivity contribution is -0.137. The average Bonchev–Trinajstić information content (AvgIpc) is 2.66. The van der Waals surface area contributed by atoms with E-state index in [9.17, 15) is 30.8 Å². The van der Waals surface area contributed by atoms with Crippen LogP contribution in [0, 0.1) is 5.82 Å². The van der Waals surface area contributed by atoms with Crippen molar-refractivity contribution in [2.45, 2.75) is 24.7 Å². The fraction of sp³-hybridized carbons (Fsp3) is 0.278. The summed E-state index contributed by atoms with van der Waals surface area (Å²) in [5.41, 5.74) is -0.712. The molecule has 1 aliphatic heterocycles. The lowest BCUT2D eigenvalue weighted by Crippen LogP contribution is -2.55. The van der Waals surface area contributed by atoms with Gasteiger partial charge < -0.3 is 5.32 Å². The molecule has 0 spiro atoms. The molecular weight excluding hydrogens is 450 g/mol. The van der Waals surface area contributed by atoms with Crippen LogP contribution in [0.25, 0.3) is 0 Å². The van der Waals surface area contributed by atoms with Crippen molar-refractivity contribution in [1.82, 2.24) is 9.03 Å². The smallest absolute Gasteiger partial charge is 0.325 e. The van der Waals surface area contributed by atoms with E-state index < -0.39 is 45.8 Å². The van der Waals surface area contributed by atoms with Crippen molar-refractivity contribution in [2.24, 2.45) is 0 Å². The number of likely N-dealkylation sites (N-methyl/N-ethyl adjacent to an activating group) is 1. The molecule has 2 N–H and O–H groups in total. The second kappa shape index (κ2) is 8.14. The molecular formula is C18H16ClF4N3O3S. The number of hydrogen-bond donors (Lipinski definition) is 2. The molecule has 1 saturated heterocycles. The minimum Gasteiger partial charge on any atom is -0.325 e. The number of halogens is 5. The summed E-state index contributed by atoms with van der Waals surface area (Å²) in [7, 11) is -2.98. The van der Waals surface area contributed by atoms with Gasteiger partial charge in [0.1, 0.15) is 11.9 Å². The maximum atomic E-state index is 13.3. The summed E-state index contributed by atoms with van der Waals surface area (Å²) in [6.45, 7) is 0. The van der Waals surface area contributed by atoms with Crippen LogP contribution in [0.3, 0.4) is 0 Å². The molecule has 30 heavy (non-hydrogen) atoms. The van der Waals surface area contributed by atoms with Gasteiger partial charge in [-0.25, -0.2) is 4.39 Å². The molecule has 1 amide bonds. The van der Waals surface area contributed by atoms with Crippen LogP contribution in [0.5, 0.6) is 0 Å². The first kappa shape index (κ1) is 22.5. The molecule has 6 nitrogen and oxygen atoms in total. The number of amides is 1. The molecule has 2 atom stereocenters. The normalized spacial score (nSPS) is 21.9. The molecule has 0 aliphatic carbocycles. The van der Waals surface area contributed by atoms with Gasteiger partial charge in [0.25, 0.3) is 10.2 Å². The number of carbonyl (C=O) groups excluding carboxylic acids is 1. The number of carbonyl (C=O) groups is 1. The summed E-state index contributed by atoms with van der Waals surface area (Å²) in [5.74, 6) is -1.43. The van der Waals surface area contributed by atoms with Crippen molar-refractivity contribution in [2.75, 3.05) is 12.4 Å². The van der Waals surface area contributed by atoms with Crippen LogP contribution in [0.4, 0.5) is 23.2 Å². The summed E-state index contributed by atoms with van der Waals surface area (Å²) in [6.07, 6.45) is -4.73. The SMILES string of the molecule is CN1C(C(=O)Nc2ccc(F)c(Cl)c2)CC(c2cccc(C(F)(F)F)c2)NS1(=O)=O. The van der Waals surface area contributed by atoms with Gasteiger partial charge in [-0.1, -0.05) is 23.7 Å². The molecule has 0 aromatic heterocycles. The third-order valence-electron chi connectivity index (χ3n) is 4.67. The maximum absolute atomic E-state index is 13.3. The van der Waals surface area contributed by atoms with E-state index in [0.717, 1.165) is 28.6 Å². The van der Waals surface area contributed by atoms with Crippen LogP contribution in [0.15, 0.2) is 42.5 Å². The van der Waals surface area contributed by atoms with Crippen LogP contribution in [-0.4, -0.2) is 31.7 Å². The van der Waals surface area contributed by atoms with E-state index in [4.69, 9.17) is 11.6 Å². The highest BCUT2D eigenvalue weighted by Crippen LogP contribution is 2.34. The largest absolute Gasteiger partial charge is 0.416 e. The number of nitrogens with one attached hydrogen (secondary N) is 2. The third kappa shape index (κ3) is 4.75. The van der Waals surface area contributed by atoms with Gasteiger partial charge in [-0.15, -0.1) is 0 Å². The molecule has 12 heteroatoms. The van der Waals surface area contributed by atoms with Gasteiger partial charge in [0.2, 0.25) is 5.91 Å². The van der Waals surface area contributed by atoms with Gasteiger partial charge in [-0.3, -0.25) is 4.79 Å². The summed E-state index contributed by atoms with van der Waals surface area (Å²) >= 11 is 5.68. The zero-order valence-corrected chi connectivity index (χ0v) is 16.9. The molecule has 162 valence electrons. The summed E-state index contributed by atoms with van der Waals surface area (Å²) < 4.78 is 80.3. The Morgan fingerprint density at radius 1 is 1.23 bits per heavy atom. The minimum atomic E-state index is -4.60. The predicted octanol–water partition coefficient (Wildman–Crippen LogP) is 3.72. The van der Waals surface area contributed by atoms with E-state index in [1.165, 1.54) is 25.2 Å². The Kier molecular flexibility index (Phi) is 6.10. The van der Waals surface area contributed by atoms with Crippen molar-refractivity contribution >= 4 is 33.4 Å². The summed E-state index contributed by atoms with van der Waals surface area (Å²) in [5, 5.41) is 2.22. The topological polar surface area (TPSA) is 78.5 Å². The van der Waals surface area contributed by atoms with Crippen molar-refractivity contribution in [1.29, 1.82) is 0 Å². The predicted molar refractivity (Wildman–Crippen MR) is 102 cm³/mol. The highest BCUT2D eigenvalue weighted by atomic mass is 35.5. The van der Waals surface area contributed by atoms with Crippen LogP contribution in [0.1, 0.15) is 23.6 Å². The highest BCUT2D eigenvalue weighted by molar-refractivity contribution is 7.87. The third-order valence-corrected chi connectivity index (χ3v) is 6.56. The molecule has 2 aromatic rings. The number of hydrogen-bond acceptors (Lipinski definition) is 3. The number of alkyl halides is 3. The Balaban J connectivity index is 1.88. The molecule has 1 fully saturated rings. The molecule has 1 heterocycles. The Bertz CT molecular complexity index is 1080. The second-order valence-corrected chi connectivity index (χ2v) is 8.85. The zero-order chi connectivity index (χ0) is 22.3. The van der Waals surface area contributed by atoms with Crippen molar-refractivity contribution < 1.29 is 30.8 Å². The lowest BCUT2D eigenvalue weighted by atomic mass is 9.97. The first-order valence-electron chi connectivity index (χ1n) is 8.57. The maximum Gasteiger partial charge on any atom is 0.416 e. The second-order valence-electron chi connectivity index (χ2n) is 6.68. The number of anilines is 1. The van der Waals surface area contributed by atoms with Gasteiger partial charge >= 0.3 is 6.18 Å². The Morgan fingerprint density at radius 2 is 1.93 bits per heavy atom. The van der Waals surface area contributed by atoms with Gasteiger partial charge in [0.05, 0.1) is 10.6 Å². The van der Waals surface area contributed by atoms with E-state index >= 15 is 0 Å². The number of benzene rings is 2. The molecule has 2 unspecified atom stereocenters. The molecule has 0 radical (unpaired) electrons. The quantitative estimate of drug-likeness (QED) is 0.678. The van der Waals surface area contributed by atoms with E-state index in [0.29, 0.717) is 0 Å². The Labute approximate surface area is 175 Å². The van der Waals surface area contributed by atoms with Crippen LogP contribution < -0.4 is 10.0 Å². The van der Waals surface area contributed by atoms with E-state index in [-0.39, 0.29) is 22.7 Å². The van der Waals surface area contributed by atoms with Crippen molar-refractivity contribution in [3.63, 3.8) is 0 Å². The first-order valence-corrected chi connectivity index (χ1v) is 10.4. The zero-order valence-electron chi connectivity index (χ0n) is 15.4. The minimum absolute atomic E-state index is 0.0733. The van der Waals surface area contributed by atoms with Gasteiger partial charge in [0.15, 0.2) is 0 Å². The van der Waals surface area contributed by atoms with E-state index in [1.807, 2.05) is 0 Å². The molecule has 2 aromatic carbocycles. The monoisotopic (exact) mass is 465 g/mol. The molecule has 1 aliphatic rings. The van der Waals surface area contributed by atoms with Gasteiger partial charge in [-0.2, -0.15) is 30.6 Å². The molecule has 0 bridgehead atoms. The fourth-order valence-corrected chi connectivity index (χ4v) is 4.51. The van der Waals surface area contributed by atoms with Crippen molar-refractivity contribution in [3.05, 3.63) is 64.4 Å². The highest BCUT2D eigenvalue weighted by Gasteiger charge is 2.41. The molecule has 0 saturated carbocycles. The fourth-order valence-electron chi connectivity index (χ4n) is 3.06. The van der Waals surface area contributed by atoms with Gasteiger partial charge in [0, 0.05) is 18.8 Å². The van der Waals surface area contributed by atoms with Crippen molar-refractivity contribution in [3.8, 4) is 0 Å². The Morgan fingerprint density at radius 3 is 2.57 bits per heavy atom. The first-order chi connectivity index (χ1) is 13.9. The summed E-state index contributed by atoms with van der Waals surface area (Å²) in [4.78, 5) is 12.7. The summed E-state index contributed by atoms with van der Waals surface area (Å²) in [6, 6.07) is 5.39. The standard InChI is InChI=1S/C18H16ClF4N3O3S/c1-26-16(17(27)24-12-5-6-14(20)13(19)8-12)9-15(25-30(26,28)29)10-3-2-4-11(7-10)18(21,22)23/h2-8,15-16,25H,9H2,1H3,(H,24,27). The number of nitrogens with zero attached hydrogens (tertiary/aromatic N) is 1. The van der Waals surface area contributed by atoms with E-state index in [2.05, 4.69) is 10.0 Å². The molecule has 3 rings (SSSR count). The van der Waals surface area contributed by atoms with Crippen LogP contribution in [0.2, 0.25) is 5.02 Å². The number of rotatable bonds is 3. The lowest BCUT2D eigenvalue weighted by Gasteiger charge is -2.36. The Hall–Kier alpha value is -2.21. The van der Waals surface area contributed by atoms with Gasteiger partial charge in [-0.05, 0) is 42.3 Å². The van der Waals surface area contributed by atoms with E-state index in [1.54, 1.807) is 0 Å². The van der Waals surface area contributed by atoms with Crippen LogP contribution in [-0.2, 0) is 21.2 Å². The average molecular weight is 466 g/mol. The van der Waals surface area contributed by atoms with Crippen LogP contribution >= 0.6 is 11.6 Å².